The highest BCUT2D eigenvalue weighted by Crippen LogP contribution is 2.33. The van der Waals surface area contributed by atoms with Crippen LogP contribution in [0.15, 0.2) is 18.2 Å². The minimum absolute atomic E-state index is 0.433. The van der Waals surface area contributed by atoms with E-state index >= 15 is 0 Å². The van der Waals surface area contributed by atoms with Crippen LogP contribution in [0.2, 0.25) is 0 Å². The van der Waals surface area contributed by atoms with Gasteiger partial charge in [-0.15, -0.1) is 0 Å². The summed E-state index contributed by atoms with van der Waals surface area (Å²) in [6, 6.07) is 3.33. The highest BCUT2D eigenvalue weighted by atomic mass is 16.6. The summed E-state index contributed by atoms with van der Waals surface area (Å²) in [5, 5.41) is 8.72. The monoisotopic (exact) mass is 266 g/mol. The molecule has 0 saturated heterocycles. The summed E-state index contributed by atoms with van der Waals surface area (Å²) >= 11 is 0. The van der Waals surface area contributed by atoms with Gasteiger partial charge in [0.25, 0.3) is 5.91 Å². The fourth-order valence-electron chi connectivity index (χ4n) is 1.68. The Morgan fingerprint density at radius 3 is 2.58 bits per heavy atom. The number of carbonyl (C=O) groups is 2. The van der Waals surface area contributed by atoms with Gasteiger partial charge in [0.2, 0.25) is 0 Å². The quantitative estimate of drug-likeness (QED) is 0.736. The van der Waals surface area contributed by atoms with Gasteiger partial charge in [0.05, 0.1) is 0 Å². The molecule has 1 aromatic carbocycles. The van der Waals surface area contributed by atoms with E-state index in [9.17, 15) is 9.59 Å². The highest BCUT2D eigenvalue weighted by molar-refractivity contribution is 6.08. The molecule has 1 atom stereocenters. The predicted molar refractivity (Wildman–Crippen MR) is 66.5 cm³/mol. The Hall–Kier alpha value is -2.28. The van der Waals surface area contributed by atoms with E-state index in [4.69, 9.17) is 20.3 Å². The average molecular weight is 266 g/mol. The van der Waals surface area contributed by atoms with Crippen LogP contribution in [0.3, 0.4) is 0 Å². The molecule has 1 heterocycles. The molecule has 0 bridgehead atoms. The van der Waals surface area contributed by atoms with Crippen molar-refractivity contribution in [3.63, 3.8) is 0 Å². The summed E-state index contributed by atoms with van der Waals surface area (Å²) in [5.74, 6) is -0.954. The van der Waals surface area contributed by atoms with Crippen molar-refractivity contribution in [3.8, 4) is 11.5 Å². The number of hydrogen-bond donors (Lipinski definition) is 2. The van der Waals surface area contributed by atoms with Crippen molar-refractivity contribution in [2.75, 3.05) is 25.2 Å². The lowest BCUT2D eigenvalue weighted by molar-refractivity contribution is -0.142. The molecule has 7 heteroatoms. The molecule has 102 valence electrons. The van der Waals surface area contributed by atoms with Crippen molar-refractivity contribution in [3.05, 3.63) is 18.2 Å². The lowest BCUT2D eigenvalue weighted by Gasteiger charge is -2.23. The first kappa shape index (κ1) is 13.2. The Bertz CT molecular complexity index is 517. The molecule has 1 aliphatic heterocycles. The number of amides is 1. The van der Waals surface area contributed by atoms with E-state index in [1.165, 1.54) is 11.9 Å². The molecule has 0 saturated carbocycles. The fraction of sp³-hybridized carbons (Fsp3) is 0.333. The molecule has 1 aliphatic rings. The Morgan fingerprint density at radius 2 is 1.95 bits per heavy atom. The molecule has 0 aliphatic carbocycles. The summed E-state index contributed by atoms with van der Waals surface area (Å²) in [5.41, 5.74) is 5.78. The number of carbonyl (C=O) groups excluding carboxylic acids is 1. The lowest BCUT2D eigenvalue weighted by atomic mass is 10.2. The van der Waals surface area contributed by atoms with Gasteiger partial charge in [-0.05, 0) is 12.1 Å². The Balaban J connectivity index is 2.22. The van der Waals surface area contributed by atoms with Gasteiger partial charge >= 0.3 is 5.97 Å². The Kier molecular flexibility index (Phi) is 3.57. The van der Waals surface area contributed by atoms with E-state index in [0.717, 1.165) is 0 Å². The first-order valence-corrected chi connectivity index (χ1v) is 5.66. The maximum atomic E-state index is 11.8. The number of ether oxygens (including phenoxy) is 2. The summed E-state index contributed by atoms with van der Waals surface area (Å²) < 4.78 is 10.7. The molecule has 0 fully saturated rings. The molecule has 1 aromatic rings. The van der Waals surface area contributed by atoms with Crippen LogP contribution < -0.4 is 20.1 Å². The number of fused-ring (bicyclic) bond motifs is 1. The van der Waals surface area contributed by atoms with E-state index in [2.05, 4.69) is 0 Å². The molecule has 1 amide bonds. The molecule has 2 rings (SSSR count). The maximum absolute atomic E-state index is 11.8. The number of aliphatic carboxylic acids is 1. The topological polar surface area (TPSA) is 102 Å². The van der Waals surface area contributed by atoms with Crippen molar-refractivity contribution >= 4 is 17.6 Å². The second-order valence-electron chi connectivity index (χ2n) is 4.04. The molecule has 19 heavy (non-hydrogen) atoms. The van der Waals surface area contributed by atoms with Gasteiger partial charge < -0.3 is 25.2 Å². The zero-order valence-corrected chi connectivity index (χ0v) is 10.3. The third kappa shape index (κ3) is 2.60. The minimum Gasteiger partial charge on any atom is -0.486 e. The molecule has 0 radical (unpaired) electrons. The standard InChI is InChI=1S/C12H14N2O5/c1-14(11(15)10(13)12(16)17)7-2-3-8-9(6-7)19-5-4-18-8/h2-3,6,10H,4-5,13H2,1H3,(H,16,17). The minimum atomic E-state index is -1.58. The van der Waals surface area contributed by atoms with Crippen molar-refractivity contribution in [2.45, 2.75) is 6.04 Å². The molecule has 7 nitrogen and oxygen atoms in total. The van der Waals surface area contributed by atoms with Crippen LogP contribution in [-0.2, 0) is 9.59 Å². The normalized spacial score (nSPS) is 14.6. The zero-order valence-electron chi connectivity index (χ0n) is 10.3. The van der Waals surface area contributed by atoms with Gasteiger partial charge in [-0.25, -0.2) is 4.79 Å². The number of hydrogen-bond acceptors (Lipinski definition) is 5. The number of rotatable bonds is 3. The molecule has 1 unspecified atom stereocenters. The number of nitrogens with zero attached hydrogens (tertiary/aromatic N) is 1. The molecular formula is C12H14N2O5. The van der Waals surface area contributed by atoms with Crippen molar-refractivity contribution < 1.29 is 24.2 Å². The lowest BCUT2D eigenvalue weighted by Crippen LogP contribution is -2.46. The molecule has 0 spiro atoms. The number of nitrogens with two attached hydrogens (primary N) is 1. The summed E-state index contributed by atoms with van der Waals surface area (Å²) in [4.78, 5) is 23.7. The van der Waals surface area contributed by atoms with E-state index in [1.54, 1.807) is 18.2 Å². The van der Waals surface area contributed by atoms with Crippen molar-refractivity contribution in [2.24, 2.45) is 5.73 Å². The third-order valence-corrected chi connectivity index (χ3v) is 2.78. The smallest absolute Gasteiger partial charge is 0.330 e. The third-order valence-electron chi connectivity index (χ3n) is 2.78. The fourth-order valence-corrected chi connectivity index (χ4v) is 1.68. The molecule has 0 aromatic heterocycles. The van der Waals surface area contributed by atoms with Crippen LogP contribution >= 0.6 is 0 Å². The number of anilines is 1. The van der Waals surface area contributed by atoms with Crippen molar-refractivity contribution in [1.29, 1.82) is 0 Å². The maximum Gasteiger partial charge on any atom is 0.330 e. The Morgan fingerprint density at radius 1 is 1.32 bits per heavy atom. The number of carboxylic acids is 1. The predicted octanol–water partition coefficient (Wildman–Crippen LogP) is -0.167. The summed E-state index contributed by atoms with van der Waals surface area (Å²) in [6.07, 6.45) is 0. The SMILES string of the molecule is CN(C(=O)C(N)C(=O)O)c1ccc2c(c1)OCCO2. The van der Waals surface area contributed by atoms with Gasteiger partial charge in [0.15, 0.2) is 17.5 Å². The zero-order chi connectivity index (χ0) is 14.0. The number of likely N-dealkylation sites (N-methyl/N-ethyl adjacent to an activating group) is 1. The van der Waals surface area contributed by atoms with Crippen LogP contribution in [0.4, 0.5) is 5.69 Å². The van der Waals surface area contributed by atoms with Crippen molar-refractivity contribution in [1.82, 2.24) is 0 Å². The molecular weight excluding hydrogens is 252 g/mol. The van der Waals surface area contributed by atoms with Gasteiger partial charge in [0.1, 0.15) is 13.2 Å². The second-order valence-corrected chi connectivity index (χ2v) is 4.04. The largest absolute Gasteiger partial charge is 0.486 e. The Labute approximate surface area is 109 Å². The molecule has 3 N–H and O–H groups in total. The first-order chi connectivity index (χ1) is 9.00. The number of carboxylic acid groups (broad SMARTS) is 1. The van der Waals surface area contributed by atoms with Crippen LogP contribution in [0.25, 0.3) is 0 Å². The van der Waals surface area contributed by atoms with Crippen LogP contribution in [0, 0.1) is 0 Å². The average Bonchev–Trinajstić information content (AvgIpc) is 2.44. The van der Waals surface area contributed by atoms with Crippen LogP contribution in [0.5, 0.6) is 11.5 Å². The second kappa shape index (κ2) is 5.15. The van der Waals surface area contributed by atoms with E-state index in [1.807, 2.05) is 0 Å². The van der Waals surface area contributed by atoms with Gasteiger partial charge in [-0.1, -0.05) is 0 Å². The summed E-state index contributed by atoms with van der Waals surface area (Å²) in [6.45, 7) is 0.910. The first-order valence-electron chi connectivity index (χ1n) is 5.66. The van der Waals surface area contributed by atoms with Gasteiger partial charge in [-0.2, -0.15) is 0 Å². The summed E-state index contributed by atoms with van der Waals surface area (Å²) in [7, 11) is 1.45. The van der Waals surface area contributed by atoms with Crippen LogP contribution in [-0.4, -0.2) is 43.3 Å². The highest BCUT2D eigenvalue weighted by Gasteiger charge is 2.26. The van der Waals surface area contributed by atoms with Gasteiger partial charge in [0, 0.05) is 18.8 Å². The van der Waals surface area contributed by atoms with Gasteiger partial charge in [-0.3, -0.25) is 4.79 Å². The van der Waals surface area contributed by atoms with E-state index in [-0.39, 0.29) is 0 Å². The van der Waals surface area contributed by atoms with E-state index in [0.29, 0.717) is 30.4 Å². The van der Waals surface area contributed by atoms with Crippen LogP contribution in [0.1, 0.15) is 0 Å². The number of benzene rings is 1. The van der Waals surface area contributed by atoms with E-state index < -0.39 is 17.9 Å².